The largest absolute Gasteiger partial charge is 0.493 e. The Kier molecular flexibility index (Phi) is 5.50. The topological polar surface area (TPSA) is 40.0 Å². The molecule has 1 aromatic rings. The lowest BCUT2D eigenvalue weighted by Gasteiger charge is -2.31. The molecule has 1 aliphatic carbocycles. The summed E-state index contributed by atoms with van der Waals surface area (Å²) >= 11 is 0. The third-order valence-corrected chi connectivity index (χ3v) is 5.71. The Balaban J connectivity index is 1.81. The van der Waals surface area contributed by atoms with Crippen LogP contribution in [0.25, 0.3) is 0 Å². The number of nitrogens with zero attached hydrogens (tertiary/aromatic N) is 1. The summed E-state index contributed by atoms with van der Waals surface area (Å²) < 4.78 is 11.9. The van der Waals surface area contributed by atoms with Crippen molar-refractivity contribution in [1.29, 1.82) is 0 Å². The number of methoxy groups -OCH3 is 1. The van der Waals surface area contributed by atoms with Crippen molar-refractivity contribution in [3.63, 3.8) is 0 Å². The van der Waals surface area contributed by atoms with Crippen LogP contribution in [0.5, 0.6) is 11.5 Å². The molecule has 1 aromatic carbocycles. The lowest BCUT2D eigenvalue weighted by atomic mass is 9.81. The lowest BCUT2D eigenvalue weighted by Crippen LogP contribution is -2.32. The van der Waals surface area contributed by atoms with E-state index in [1.165, 1.54) is 19.3 Å². The first-order valence-electron chi connectivity index (χ1n) is 9.97. The van der Waals surface area contributed by atoms with Crippen LogP contribution in [0.1, 0.15) is 78.2 Å². The minimum Gasteiger partial charge on any atom is -0.493 e. The smallest absolute Gasteiger partial charge is 0.162 e. The second-order valence-corrected chi connectivity index (χ2v) is 8.80. The van der Waals surface area contributed by atoms with E-state index in [1.54, 1.807) is 7.11 Å². The molecule has 0 saturated heterocycles. The molecule has 1 atom stereocenters. The molecule has 1 fully saturated rings. The molecule has 4 heteroatoms. The Bertz CT molecular complexity index is 654. The van der Waals surface area contributed by atoms with Crippen LogP contribution >= 0.6 is 0 Å². The zero-order valence-corrected chi connectivity index (χ0v) is 16.9. The Morgan fingerprint density at radius 2 is 1.88 bits per heavy atom. The highest BCUT2D eigenvalue weighted by molar-refractivity contribution is 6.02. The van der Waals surface area contributed by atoms with Crippen molar-refractivity contribution >= 4 is 5.71 Å². The monoisotopic (exact) mass is 359 g/mol. The molecule has 1 saturated carbocycles. The molecule has 0 N–H and O–H groups in total. The minimum atomic E-state index is -0.0636. The van der Waals surface area contributed by atoms with Gasteiger partial charge in [0, 0.05) is 12.0 Å². The maximum absolute atomic E-state index is 6.37. The Morgan fingerprint density at radius 1 is 1.15 bits per heavy atom. The van der Waals surface area contributed by atoms with Crippen LogP contribution in [0.4, 0.5) is 0 Å². The van der Waals surface area contributed by atoms with Gasteiger partial charge >= 0.3 is 0 Å². The average Bonchev–Trinajstić information content (AvgIpc) is 3.02. The molecule has 1 unspecified atom stereocenters. The number of benzene rings is 1. The maximum Gasteiger partial charge on any atom is 0.162 e. The molecule has 0 bridgehead atoms. The van der Waals surface area contributed by atoms with Gasteiger partial charge in [0.2, 0.25) is 0 Å². The molecule has 4 nitrogen and oxygen atoms in total. The highest BCUT2D eigenvalue weighted by Gasteiger charge is 2.40. The van der Waals surface area contributed by atoms with Crippen molar-refractivity contribution in [3.8, 4) is 11.5 Å². The molecular formula is C22H33NO3. The molecule has 1 heterocycles. The SMILES string of the molecule is CCC(Oc1cc(C2=NOC3(CCCCC3)C2)ccc1OC)C(C)(C)C. The molecule has 0 radical (unpaired) electrons. The third-order valence-electron chi connectivity index (χ3n) is 5.71. The van der Waals surface area contributed by atoms with Crippen LogP contribution in [-0.4, -0.2) is 24.5 Å². The summed E-state index contributed by atoms with van der Waals surface area (Å²) in [6.07, 6.45) is 7.99. The normalized spacial score (nSPS) is 20.4. The number of ether oxygens (including phenoxy) is 2. The van der Waals surface area contributed by atoms with Gasteiger partial charge in [0.25, 0.3) is 0 Å². The molecule has 144 valence electrons. The summed E-state index contributed by atoms with van der Waals surface area (Å²) in [5.74, 6) is 1.56. The van der Waals surface area contributed by atoms with E-state index in [-0.39, 0.29) is 17.1 Å². The van der Waals surface area contributed by atoms with E-state index < -0.39 is 0 Å². The molecule has 3 rings (SSSR count). The zero-order valence-electron chi connectivity index (χ0n) is 16.9. The van der Waals surface area contributed by atoms with Gasteiger partial charge in [-0.3, -0.25) is 0 Å². The number of hydrogen-bond acceptors (Lipinski definition) is 4. The first kappa shape index (κ1) is 19.1. The van der Waals surface area contributed by atoms with Gasteiger partial charge in [-0.2, -0.15) is 0 Å². The highest BCUT2D eigenvalue weighted by Crippen LogP contribution is 2.41. The highest BCUT2D eigenvalue weighted by atomic mass is 16.7. The summed E-state index contributed by atoms with van der Waals surface area (Å²) in [4.78, 5) is 5.92. The first-order chi connectivity index (χ1) is 12.4. The third kappa shape index (κ3) is 3.99. The predicted molar refractivity (Wildman–Crippen MR) is 105 cm³/mol. The van der Waals surface area contributed by atoms with Gasteiger partial charge < -0.3 is 14.3 Å². The summed E-state index contributed by atoms with van der Waals surface area (Å²) in [6.45, 7) is 8.78. The fourth-order valence-electron chi connectivity index (χ4n) is 4.11. The standard InChI is InChI=1S/C22H33NO3/c1-6-20(21(2,3)4)25-19-14-16(10-11-18(19)24-5)17-15-22(26-23-17)12-8-7-9-13-22/h10-11,14,20H,6-9,12-13,15H2,1-5H3. The van der Waals surface area contributed by atoms with Crippen LogP contribution in [-0.2, 0) is 4.84 Å². The second kappa shape index (κ2) is 7.50. The van der Waals surface area contributed by atoms with Crippen LogP contribution in [0.3, 0.4) is 0 Å². The van der Waals surface area contributed by atoms with Gasteiger partial charge in [-0.15, -0.1) is 0 Å². The van der Waals surface area contributed by atoms with Crippen molar-refractivity contribution in [2.24, 2.45) is 10.6 Å². The zero-order chi connectivity index (χ0) is 18.8. The number of rotatable bonds is 5. The lowest BCUT2D eigenvalue weighted by molar-refractivity contribution is -0.0449. The van der Waals surface area contributed by atoms with Gasteiger partial charge in [-0.25, -0.2) is 0 Å². The van der Waals surface area contributed by atoms with E-state index in [9.17, 15) is 0 Å². The van der Waals surface area contributed by atoms with Gasteiger partial charge in [0.05, 0.1) is 12.8 Å². The Hall–Kier alpha value is -1.71. The van der Waals surface area contributed by atoms with E-state index >= 15 is 0 Å². The molecule has 1 aliphatic heterocycles. The fourth-order valence-corrected chi connectivity index (χ4v) is 4.11. The summed E-state index contributed by atoms with van der Waals surface area (Å²) in [5, 5.41) is 4.45. The van der Waals surface area contributed by atoms with Crippen molar-refractivity contribution in [3.05, 3.63) is 23.8 Å². The Morgan fingerprint density at radius 3 is 2.50 bits per heavy atom. The summed E-state index contributed by atoms with van der Waals surface area (Å²) in [5.41, 5.74) is 2.11. The number of hydrogen-bond donors (Lipinski definition) is 0. The Labute approximate surface area is 157 Å². The quantitative estimate of drug-likeness (QED) is 0.674. The molecule has 26 heavy (non-hydrogen) atoms. The molecule has 0 amide bonds. The fraction of sp³-hybridized carbons (Fsp3) is 0.682. The van der Waals surface area contributed by atoms with Crippen LogP contribution in [0.2, 0.25) is 0 Å². The van der Waals surface area contributed by atoms with Crippen LogP contribution < -0.4 is 9.47 Å². The van der Waals surface area contributed by atoms with Crippen molar-refractivity contribution < 1.29 is 14.3 Å². The van der Waals surface area contributed by atoms with Crippen LogP contribution in [0.15, 0.2) is 23.4 Å². The summed E-state index contributed by atoms with van der Waals surface area (Å²) in [6, 6.07) is 6.11. The van der Waals surface area contributed by atoms with Crippen molar-refractivity contribution in [1.82, 2.24) is 0 Å². The van der Waals surface area contributed by atoms with Gasteiger partial charge in [-0.1, -0.05) is 39.3 Å². The van der Waals surface area contributed by atoms with E-state index in [4.69, 9.17) is 14.3 Å². The van der Waals surface area contributed by atoms with Gasteiger partial charge in [-0.05, 0) is 55.7 Å². The van der Waals surface area contributed by atoms with E-state index in [1.807, 2.05) is 6.07 Å². The number of oxime groups is 1. The van der Waals surface area contributed by atoms with Crippen LogP contribution in [0, 0.1) is 5.41 Å². The van der Waals surface area contributed by atoms with Gasteiger partial charge in [0.15, 0.2) is 11.5 Å². The molecule has 2 aliphatic rings. The van der Waals surface area contributed by atoms with E-state index in [2.05, 4.69) is 45.0 Å². The van der Waals surface area contributed by atoms with E-state index in [0.29, 0.717) is 0 Å². The maximum atomic E-state index is 6.37. The van der Waals surface area contributed by atoms with Gasteiger partial charge in [0.1, 0.15) is 11.7 Å². The second-order valence-electron chi connectivity index (χ2n) is 8.80. The molecular weight excluding hydrogens is 326 g/mol. The average molecular weight is 360 g/mol. The molecule has 0 aromatic heterocycles. The minimum absolute atomic E-state index is 0.0636. The molecule has 1 spiro atoms. The van der Waals surface area contributed by atoms with E-state index in [0.717, 1.165) is 48.5 Å². The first-order valence-corrected chi connectivity index (χ1v) is 9.97. The van der Waals surface area contributed by atoms with Crippen molar-refractivity contribution in [2.75, 3.05) is 7.11 Å². The van der Waals surface area contributed by atoms with Crippen molar-refractivity contribution in [2.45, 2.75) is 84.3 Å². The summed E-state index contributed by atoms with van der Waals surface area (Å²) in [7, 11) is 1.69. The predicted octanol–water partition coefficient (Wildman–Crippen LogP) is 5.73.